The molecule has 0 spiro atoms. The fourth-order valence-corrected chi connectivity index (χ4v) is 2.50. The van der Waals surface area contributed by atoms with Crippen LogP contribution in [0.4, 0.5) is 0 Å². The van der Waals surface area contributed by atoms with Crippen LogP contribution in [0.15, 0.2) is 73.0 Å². The SMILES string of the molecule is NC1C(COC(=O)c2ccccc2)OC=C[C@H]1OC(=O)c1ccccc1. The number of benzene rings is 2. The minimum absolute atomic E-state index is 0.0430. The standard InChI is InChI=1S/C20H19NO5/c21-18-16(26-20(23)15-9-5-2-6-10-15)11-12-24-17(18)13-25-19(22)14-7-3-1-4-8-14/h1-12,16-18H,13,21H2/t16-,17?,18?/m1/s1. The lowest BCUT2D eigenvalue weighted by Crippen LogP contribution is -2.50. The fraction of sp³-hybridized carbons (Fsp3) is 0.200. The lowest BCUT2D eigenvalue weighted by molar-refractivity contribution is -0.0225. The molecule has 6 nitrogen and oxygen atoms in total. The van der Waals surface area contributed by atoms with Crippen LogP contribution in [0, 0.1) is 0 Å². The van der Waals surface area contributed by atoms with E-state index in [0.717, 1.165) is 0 Å². The largest absolute Gasteiger partial charge is 0.493 e. The maximum Gasteiger partial charge on any atom is 0.338 e. The molecule has 0 aromatic heterocycles. The third-order valence-electron chi connectivity index (χ3n) is 3.97. The van der Waals surface area contributed by atoms with E-state index in [1.54, 1.807) is 54.6 Å². The number of nitrogens with two attached hydrogens (primary N) is 1. The molecule has 26 heavy (non-hydrogen) atoms. The van der Waals surface area contributed by atoms with Gasteiger partial charge in [0, 0.05) is 0 Å². The number of rotatable bonds is 5. The molecule has 2 N–H and O–H groups in total. The third kappa shape index (κ3) is 4.29. The molecule has 1 aliphatic heterocycles. The first kappa shape index (κ1) is 17.7. The van der Waals surface area contributed by atoms with Crippen LogP contribution in [0.5, 0.6) is 0 Å². The molecule has 0 aliphatic carbocycles. The molecule has 2 unspecified atom stereocenters. The first-order valence-corrected chi connectivity index (χ1v) is 8.21. The second-order valence-electron chi connectivity index (χ2n) is 5.78. The van der Waals surface area contributed by atoms with Gasteiger partial charge in [0.25, 0.3) is 0 Å². The van der Waals surface area contributed by atoms with E-state index in [9.17, 15) is 9.59 Å². The number of ether oxygens (including phenoxy) is 3. The van der Waals surface area contributed by atoms with Gasteiger partial charge in [-0.25, -0.2) is 9.59 Å². The van der Waals surface area contributed by atoms with Gasteiger partial charge in [0.05, 0.1) is 23.4 Å². The monoisotopic (exact) mass is 353 g/mol. The molecule has 0 saturated carbocycles. The Kier molecular flexibility index (Phi) is 5.66. The Morgan fingerprint density at radius 3 is 2.12 bits per heavy atom. The van der Waals surface area contributed by atoms with Crippen molar-refractivity contribution < 1.29 is 23.8 Å². The van der Waals surface area contributed by atoms with E-state index in [2.05, 4.69) is 0 Å². The van der Waals surface area contributed by atoms with Crippen LogP contribution in [0.25, 0.3) is 0 Å². The number of hydrogen-bond acceptors (Lipinski definition) is 6. The van der Waals surface area contributed by atoms with Gasteiger partial charge in [0.2, 0.25) is 0 Å². The van der Waals surface area contributed by atoms with Crippen LogP contribution in [0.1, 0.15) is 20.7 Å². The highest BCUT2D eigenvalue weighted by atomic mass is 16.6. The van der Waals surface area contributed by atoms with E-state index >= 15 is 0 Å². The third-order valence-corrected chi connectivity index (χ3v) is 3.97. The highest BCUT2D eigenvalue weighted by Gasteiger charge is 2.33. The molecule has 0 saturated heterocycles. The molecule has 3 atom stereocenters. The lowest BCUT2D eigenvalue weighted by atomic mass is 10.0. The maximum absolute atomic E-state index is 12.2. The summed E-state index contributed by atoms with van der Waals surface area (Å²) in [7, 11) is 0. The van der Waals surface area contributed by atoms with Gasteiger partial charge in [-0.3, -0.25) is 0 Å². The quantitative estimate of drug-likeness (QED) is 0.830. The van der Waals surface area contributed by atoms with Crippen molar-refractivity contribution in [2.24, 2.45) is 5.73 Å². The number of carbonyl (C=O) groups is 2. The first-order chi connectivity index (χ1) is 12.6. The molecule has 1 heterocycles. The van der Waals surface area contributed by atoms with Gasteiger partial charge < -0.3 is 19.9 Å². The maximum atomic E-state index is 12.2. The Bertz CT molecular complexity index is 775. The summed E-state index contributed by atoms with van der Waals surface area (Å²) in [6, 6.07) is 16.6. The molecule has 0 amide bonds. The van der Waals surface area contributed by atoms with Gasteiger partial charge in [-0.2, -0.15) is 0 Å². The minimum atomic E-state index is -0.670. The van der Waals surface area contributed by atoms with Crippen molar-refractivity contribution in [3.8, 4) is 0 Å². The van der Waals surface area contributed by atoms with E-state index in [4.69, 9.17) is 19.9 Å². The van der Waals surface area contributed by atoms with Crippen molar-refractivity contribution in [2.75, 3.05) is 6.61 Å². The Morgan fingerprint density at radius 1 is 0.923 bits per heavy atom. The van der Waals surface area contributed by atoms with Crippen molar-refractivity contribution in [1.82, 2.24) is 0 Å². The second-order valence-corrected chi connectivity index (χ2v) is 5.78. The molecular weight excluding hydrogens is 334 g/mol. The average molecular weight is 353 g/mol. The number of hydrogen-bond donors (Lipinski definition) is 1. The Labute approximate surface area is 151 Å². The second kappa shape index (κ2) is 8.31. The smallest absolute Gasteiger partial charge is 0.338 e. The molecule has 6 heteroatoms. The van der Waals surface area contributed by atoms with Crippen LogP contribution in [-0.4, -0.2) is 36.8 Å². The van der Waals surface area contributed by atoms with Crippen molar-refractivity contribution in [3.05, 3.63) is 84.1 Å². The summed E-state index contributed by atoms with van der Waals surface area (Å²) in [6.07, 6.45) is 1.70. The molecular formula is C20H19NO5. The van der Waals surface area contributed by atoms with Crippen LogP contribution < -0.4 is 5.73 Å². The molecule has 0 bridgehead atoms. The zero-order chi connectivity index (χ0) is 18.4. The molecule has 1 aliphatic rings. The van der Waals surface area contributed by atoms with E-state index in [0.29, 0.717) is 11.1 Å². The summed E-state index contributed by atoms with van der Waals surface area (Å²) >= 11 is 0. The number of esters is 2. The first-order valence-electron chi connectivity index (χ1n) is 8.21. The van der Waals surface area contributed by atoms with E-state index in [-0.39, 0.29) is 6.61 Å². The summed E-state index contributed by atoms with van der Waals surface area (Å²) in [5, 5.41) is 0. The molecule has 0 radical (unpaired) electrons. The Morgan fingerprint density at radius 2 is 1.50 bits per heavy atom. The predicted molar refractivity (Wildman–Crippen MR) is 94.4 cm³/mol. The predicted octanol–water partition coefficient (Wildman–Crippen LogP) is 2.31. The van der Waals surface area contributed by atoms with E-state index in [1.165, 1.54) is 6.26 Å². The van der Waals surface area contributed by atoms with E-state index < -0.39 is 30.2 Å². The summed E-state index contributed by atoms with van der Waals surface area (Å²) in [4.78, 5) is 24.2. The van der Waals surface area contributed by atoms with E-state index in [1.807, 2.05) is 12.1 Å². The molecule has 0 fully saturated rings. The highest BCUT2D eigenvalue weighted by Crippen LogP contribution is 2.16. The van der Waals surface area contributed by atoms with Crippen molar-refractivity contribution in [3.63, 3.8) is 0 Å². The van der Waals surface area contributed by atoms with Gasteiger partial charge in [-0.05, 0) is 30.3 Å². The van der Waals surface area contributed by atoms with Crippen molar-refractivity contribution >= 4 is 11.9 Å². The van der Waals surface area contributed by atoms with Gasteiger partial charge in [0.1, 0.15) is 12.7 Å². The average Bonchev–Trinajstić information content (AvgIpc) is 2.69. The Balaban J connectivity index is 1.56. The summed E-state index contributed by atoms with van der Waals surface area (Å²) < 4.78 is 16.1. The molecule has 2 aromatic carbocycles. The zero-order valence-electron chi connectivity index (χ0n) is 14.0. The highest BCUT2D eigenvalue weighted by molar-refractivity contribution is 5.90. The number of carbonyl (C=O) groups excluding carboxylic acids is 2. The fourth-order valence-electron chi connectivity index (χ4n) is 2.50. The molecule has 3 rings (SSSR count). The summed E-state index contributed by atoms with van der Waals surface area (Å²) in [5.41, 5.74) is 7.01. The van der Waals surface area contributed by atoms with Crippen LogP contribution in [0.2, 0.25) is 0 Å². The van der Waals surface area contributed by atoms with Crippen molar-refractivity contribution in [2.45, 2.75) is 18.2 Å². The topological polar surface area (TPSA) is 87.8 Å². The van der Waals surface area contributed by atoms with Crippen LogP contribution >= 0.6 is 0 Å². The van der Waals surface area contributed by atoms with Crippen LogP contribution in [-0.2, 0) is 14.2 Å². The van der Waals surface area contributed by atoms with Gasteiger partial charge >= 0.3 is 11.9 Å². The molecule has 2 aromatic rings. The zero-order valence-corrected chi connectivity index (χ0v) is 14.0. The summed E-state index contributed by atoms with van der Waals surface area (Å²) in [6.45, 7) is -0.0430. The van der Waals surface area contributed by atoms with Gasteiger partial charge in [-0.1, -0.05) is 36.4 Å². The van der Waals surface area contributed by atoms with Gasteiger partial charge in [-0.15, -0.1) is 0 Å². The normalized spacial score (nSPS) is 21.5. The summed E-state index contributed by atoms with van der Waals surface area (Å²) in [5.74, 6) is -0.939. The molecule has 134 valence electrons. The Hall–Kier alpha value is -3.12. The minimum Gasteiger partial charge on any atom is -0.493 e. The van der Waals surface area contributed by atoms with Gasteiger partial charge in [0.15, 0.2) is 6.10 Å². The van der Waals surface area contributed by atoms with Crippen molar-refractivity contribution in [1.29, 1.82) is 0 Å². The lowest BCUT2D eigenvalue weighted by Gasteiger charge is -2.31. The van der Waals surface area contributed by atoms with Crippen LogP contribution in [0.3, 0.4) is 0 Å².